The number of benzene rings is 2. The molecule has 0 spiro atoms. The van der Waals surface area contributed by atoms with E-state index in [4.69, 9.17) is 24.4 Å². The average molecular weight is 652 g/mol. The van der Waals surface area contributed by atoms with E-state index in [1.807, 2.05) is 32.0 Å². The van der Waals surface area contributed by atoms with E-state index < -0.39 is 5.60 Å². The molecule has 254 valence electrons. The van der Waals surface area contributed by atoms with Crippen molar-refractivity contribution < 1.29 is 14.3 Å². The van der Waals surface area contributed by atoms with Crippen molar-refractivity contribution in [3.63, 3.8) is 0 Å². The van der Waals surface area contributed by atoms with Gasteiger partial charge in [0.25, 0.3) is 0 Å². The zero-order valence-electron chi connectivity index (χ0n) is 29.0. The van der Waals surface area contributed by atoms with Crippen LogP contribution in [-0.2, 0) is 17.7 Å². The van der Waals surface area contributed by atoms with Crippen LogP contribution in [0.15, 0.2) is 42.7 Å². The van der Waals surface area contributed by atoms with Gasteiger partial charge in [0, 0.05) is 13.1 Å². The Labute approximate surface area is 283 Å². The van der Waals surface area contributed by atoms with Gasteiger partial charge in [0.1, 0.15) is 12.2 Å². The van der Waals surface area contributed by atoms with Crippen LogP contribution in [0.25, 0.3) is 21.9 Å². The van der Waals surface area contributed by atoms with Crippen LogP contribution < -0.4 is 9.64 Å². The summed E-state index contributed by atoms with van der Waals surface area (Å²) in [6.45, 7) is 12.9. The number of hydrogen-bond donors (Lipinski definition) is 0. The summed E-state index contributed by atoms with van der Waals surface area (Å²) in [6.07, 6.45) is 10.5. The molecule has 4 fully saturated rings. The molecule has 2 unspecified atom stereocenters. The van der Waals surface area contributed by atoms with Gasteiger partial charge < -0.3 is 18.9 Å². The molecular formula is C38H49N7O3. The van der Waals surface area contributed by atoms with Crippen molar-refractivity contribution >= 4 is 34.0 Å². The quantitative estimate of drug-likeness (QED) is 0.211. The SMILES string of the molecule is CCCc1cccc2cccc(Cn3cnc4c(OCC56CCCN5CCC6)nc(N5CC6CCC(C5)N6C(=O)OC(C)(C)C)nc43)c12. The first kappa shape index (κ1) is 31.4. The molecule has 0 saturated carbocycles. The fraction of sp³-hybridized carbons (Fsp3) is 0.579. The second-order valence-electron chi connectivity index (χ2n) is 15.4. The smallest absolute Gasteiger partial charge is 0.410 e. The maximum Gasteiger partial charge on any atom is 0.410 e. The van der Waals surface area contributed by atoms with Gasteiger partial charge in [-0.2, -0.15) is 9.97 Å². The summed E-state index contributed by atoms with van der Waals surface area (Å²) in [5, 5.41) is 2.59. The summed E-state index contributed by atoms with van der Waals surface area (Å²) >= 11 is 0. The second kappa shape index (κ2) is 12.2. The average Bonchev–Trinajstić information content (AvgIpc) is 3.81. The van der Waals surface area contributed by atoms with Crippen LogP contribution in [-0.4, -0.2) is 91.4 Å². The van der Waals surface area contributed by atoms with Crippen molar-refractivity contribution in [2.24, 2.45) is 0 Å². The number of imidazole rings is 1. The Balaban J connectivity index is 1.15. The minimum Gasteiger partial charge on any atom is -0.474 e. The predicted octanol–water partition coefficient (Wildman–Crippen LogP) is 6.58. The minimum atomic E-state index is -0.526. The molecule has 4 aliphatic rings. The van der Waals surface area contributed by atoms with Crippen LogP contribution in [0.5, 0.6) is 5.88 Å². The molecule has 48 heavy (non-hydrogen) atoms. The number of aryl methyl sites for hydroxylation is 1. The zero-order valence-corrected chi connectivity index (χ0v) is 29.0. The van der Waals surface area contributed by atoms with Crippen LogP contribution >= 0.6 is 0 Å². The highest BCUT2D eigenvalue weighted by molar-refractivity contribution is 5.89. The van der Waals surface area contributed by atoms with Crippen molar-refractivity contribution in [3.8, 4) is 5.88 Å². The van der Waals surface area contributed by atoms with E-state index in [2.05, 4.69) is 57.7 Å². The monoisotopic (exact) mass is 651 g/mol. The molecule has 4 aromatic rings. The number of rotatable bonds is 8. The predicted molar refractivity (Wildman–Crippen MR) is 188 cm³/mol. The molecule has 4 aliphatic heterocycles. The first-order valence-corrected chi connectivity index (χ1v) is 18.1. The van der Waals surface area contributed by atoms with Crippen molar-refractivity contribution in [2.75, 3.05) is 37.7 Å². The standard InChI is InChI=1S/C38H49N7O3/c1-5-10-26-11-6-12-27-13-7-14-28(31(26)27)21-43-25-39-32-33(43)40-35(41-34(32)47-24-38-17-8-19-44(38)20-9-18-38)42-22-29-15-16-30(23-42)45(29)36(46)48-37(2,3)4/h6-7,11-14,25,29-30H,5,8-10,15-24H2,1-4H3. The largest absolute Gasteiger partial charge is 0.474 e. The number of carbonyl (C=O) groups excluding carboxylic acids is 1. The van der Waals surface area contributed by atoms with Crippen molar-refractivity contribution in [2.45, 2.75) is 109 Å². The first-order chi connectivity index (χ1) is 23.2. The molecule has 10 heteroatoms. The summed E-state index contributed by atoms with van der Waals surface area (Å²) in [4.78, 5) is 35.2. The third-order valence-electron chi connectivity index (χ3n) is 11.0. The molecule has 10 nitrogen and oxygen atoms in total. The van der Waals surface area contributed by atoms with E-state index in [1.54, 1.807) is 0 Å². The number of fused-ring (bicyclic) bond motifs is 5. The second-order valence-corrected chi connectivity index (χ2v) is 15.4. The Kier molecular flexibility index (Phi) is 7.97. The van der Waals surface area contributed by atoms with Crippen molar-refractivity contribution in [1.29, 1.82) is 0 Å². The van der Waals surface area contributed by atoms with Crippen LogP contribution in [0, 0.1) is 0 Å². The maximum atomic E-state index is 13.2. The van der Waals surface area contributed by atoms with Gasteiger partial charge in [-0.1, -0.05) is 49.7 Å². The highest BCUT2D eigenvalue weighted by atomic mass is 16.6. The van der Waals surface area contributed by atoms with Gasteiger partial charge in [-0.05, 0) is 101 Å². The number of hydrogen-bond acceptors (Lipinski definition) is 8. The van der Waals surface area contributed by atoms with Gasteiger partial charge in [-0.15, -0.1) is 0 Å². The lowest BCUT2D eigenvalue weighted by Gasteiger charge is -2.41. The Bertz CT molecular complexity index is 1800. The van der Waals surface area contributed by atoms with E-state index >= 15 is 0 Å². The number of aromatic nitrogens is 4. The van der Waals surface area contributed by atoms with E-state index in [1.165, 1.54) is 47.6 Å². The lowest BCUT2D eigenvalue weighted by Crippen LogP contribution is -2.57. The molecule has 1 amide bonds. The fourth-order valence-electron chi connectivity index (χ4n) is 8.90. The Morgan fingerprint density at radius 3 is 2.38 bits per heavy atom. The van der Waals surface area contributed by atoms with Gasteiger partial charge in [0.15, 0.2) is 11.2 Å². The maximum absolute atomic E-state index is 13.2. The summed E-state index contributed by atoms with van der Waals surface area (Å²) in [7, 11) is 0. The Morgan fingerprint density at radius 2 is 1.69 bits per heavy atom. The minimum absolute atomic E-state index is 0.0595. The Morgan fingerprint density at radius 1 is 0.979 bits per heavy atom. The molecule has 6 heterocycles. The van der Waals surface area contributed by atoms with Crippen LogP contribution in [0.1, 0.15) is 83.8 Å². The summed E-state index contributed by atoms with van der Waals surface area (Å²) in [5.74, 6) is 1.21. The molecule has 2 atom stereocenters. The van der Waals surface area contributed by atoms with Crippen molar-refractivity contribution in [1.82, 2.24) is 29.3 Å². The number of ether oxygens (including phenoxy) is 2. The summed E-state index contributed by atoms with van der Waals surface area (Å²) in [5.41, 5.74) is 3.70. The molecule has 2 aromatic carbocycles. The molecule has 0 aliphatic carbocycles. The lowest BCUT2D eigenvalue weighted by atomic mass is 9.95. The van der Waals surface area contributed by atoms with Crippen LogP contribution in [0.2, 0.25) is 0 Å². The van der Waals surface area contributed by atoms with Crippen LogP contribution in [0.4, 0.5) is 10.7 Å². The van der Waals surface area contributed by atoms with Gasteiger partial charge in [0.2, 0.25) is 11.8 Å². The van der Waals surface area contributed by atoms with E-state index in [0.717, 1.165) is 44.4 Å². The third-order valence-corrected chi connectivity index (χ3v) is 11.0. The summed E-state index contributed by atoms with van der Waals surface area (Å²) < 4.78 is 14.7. The molecule has 4 saturated heterocycles. The van der Waals surface area contributed by atoms with Gasteiger partial charge in [-0.25, -0.2) is 9.78 Å². The lowest BCUT2D eigenvalue weighted by molar-refractivity contribution is 0.0122. The number of anilines is 1. The summed E-state index contributed by atoms with van der Waals surface area (Å²) in [6, 6.07) is 13.3. The number of piperazine rings is 1. The molecule has 8 rings (SSSR count). The number of nitrogens with zero attached hydrogens (tertiary/aromatic N) is 7. The van der Waals surface area contributed by atoms with Gasteiger partial charge in [-0.3, -0.25) is 9.80 Å². The molecule has 2 aromatic heterocycles. The molecule has 0 radical (unpaired) electrons. The number of amides is 1. The topological polar surface area (TPSA) is 88.9 Å². The molecular weight excluding hydrogens is 602 g/mol. The normalized spacial score (nSPS) is 22.2. The molecule has 2 bridgehead atoms. The highest BCUT2D eigenvalue weighted by Crippen LogP contribution is 2.40. The third kappa shape index (κ3) is 5.65. The van der Waals surface area contributed by atoms with Gasteiger partial charge >= 0.3 is 6.09 Å². The fourth-order valence-corrected chi connectivity index (χ4v) is 8.90. The first-order valence-electron chi connectivity index (χ1n) is 18.1. The van der Waals surface area contributed by atoms with Gasteiger partial charge in [0.05, 0.1) is 30.5 Å². The van der Waals surface area contributed by atoms with E-state index in [0.29, 0.717) is 43.6 Å². The van der Waals surface area contributed by atoms with E-state index in [9.17, 15) is 4.79 Å². The Hall–Kier alpha value is -3.92. The van der Waals surface area contributed by atoms with Crippen LogP contribution in [0.3, 0.4) is 0 Å². The molecule has 0 N–H and O–H groups in total. The zero-order chi connectivity index (χ0) is 33.0. The van der Waals surface area contributed by atoms with Crippen molar-refractivity contribution in [3.05, 3.63) is 53.9 Å². The number of carbonyl (C=O) groups is 1. The van der Waals surface area contributed by atoms with E-state index in [-0.39, 0.29) is 23.7 Å². The highest BCUT2D eigenvalue weighted by Gasteiger charge is 2.46.